The van der Waals surface area contributed by atoms with E-state index in [0.717, 1.165) is 0 Å². The summed E-state index contributed by atoms with van der Waals surface area (Å²) in [6, 6.07) is 2.09. The molecule has 1 aromatic heterocycles. The zero-order chi connectivity index (χ0) is 13.4. The molecule has 0 spiro atoms. The van der Waals surface area contributed by atoms with Crippen LogP contribution in [0.5, 0.6) is 0 Å². The minimum atomic E-state index is -3.20. The number of nitriles is 1. The molecule has 8 heteroatoms. The molecule has 1 aromatic rings. The maximum absolute atomic E-state index is 11.7. The van der Waals surface area contributed by atoms with Gasteiger partial charge in [-0.2, -0.15) is 14.7 Å². The van der Waals surface area contributed by atoms with Crippen molar-refractivity contribution in [1.29, 1.82) is 5.26 Å². The van der Waals surface area contributed by atoms with Gasteiger partial charge in [0, 0.05) is 25.5 Å². The highest BCUT2D eigenvalue weighted by molar-refractivity contribution is 7.89. The molecular formula is C10H13BN4O2S. The lowest BCUT2D eigenvalue weighted by Crippen LogP contribution is -2.64. The minimum Gasteiger partial charge on any atom is -0.264 e. The van der Waals surface area contributed by atoms with Gasteiger partial charge in [-0.15, -0.1) is 0 Å². The third kappa shape index (κ3) is 2.04. The molecule has 0 aliphatic carbocycles. The van der Waals surface area contributed by atoms with Gasteiger partial charge in [0.05, 0.1) is 18.2 Å². The predicted octanol–water partition coefficient (Wildman–Crippen LogP) is -1.05. The molecule has 1 saturated heterocycles. The molecule has 1 aliphatic heterocycles. The molecular weight excluding hydrogens is 251 g/mol. The summed E-state index contributed by atoms with van der Waals surface area (Å²) in [6.07, 6.45) is 3.34. The molecule has 0 aromatic carbocycles. The van der Waals surface area contributed by atoms with Gasteiger partial charge in [0.15, 0.2) is 0 Å². The Kier molecular flexibility index (Phi) is 3.21. The smallest absolute Gasteiger partial charge is 0.213 e. The zero-order valence-electron chi connectivity index (χ0n) is 10.1. The number of sulfonamides is 1. The molecule has 0 N–H and O–H groups in total. The molecule has 0 atom stereocenters. The third-order valence-corrected chi connectivity index (χ3v) is 4.97. The largest absolute Gasteiger partial charge is 0.264 e. The summed E-state index contributed by atoms with van der Waals surface area (Å²) in [7, 11) is 2.40. The average Bonchev–Trinajstić information content (AvgIpc) is 2.69. The summed E-state index contributed by atoms with van der Waals surface area (Å²) in [5.41, 5.74) is -0.0710. The van der Waals surface area contributed by atoms with E-state index in [9.17, 15) is 8.42 Å². The van der Waals surface area contributed by atoms with Gasteiger partial charge in [0.2, 0.25) is 10.0 Å². The van der Waals surface area contributed by atoms with Gasteiger partial charge in [0.1, 0.15) is 13.4 Å². The van der Waals surface area contributed by atoms with Crippen molar-refractivity contribution in [3.8, 4) is 6.07 Å². The number of rotatable bonds is 4. The Labute approximate surface area is 108 Å². The van der Waals surface area contributed by atoms with Gasteiger partial charge >= 0.3 is 0 Å². The first-order chi connectivity index (χ1) is 8.43. The van der Waals surface area contributed by atoms with Gasteiger partial charge in [-0.3, -0.25) is 4.68 Å². The van der Waals surface area contributed by atoms with E-state index in [1.807, 2.05) is 0 Å². The Hall–Kier alpha value is -1.33. The van der Waals surface area contributed by atoms with Crippen LogP contribution < -0.4 is 5.46 Å². The van der Waals surface area contributed by atoms with Crippen LogP contribution in [0.3, 0.4) is 0 Å². The lowest BCUT2D eigenvalue weighted by atomic mass is 9.89. The van der Waals surface area contributed by atoms with E-state index >= 15 is 0 Å². The second-order valence-corrected chi connectivity index (χ2v) is 6.70. The molecule has 0 saturated carbocycles. The fourth-order valence-corrected chi connectivity index (χ4v) is 3.31. The van der Waals surface area contributed by atoms with Gasteiger partial charge < -0.3 is 0 Å². The standard InChI is InChI=1S/C10H13BN4O2S/c1-2-18(16,17)14-7-10(8-14,3-4-12)15-6-9(11)5-13-15/h5-6H,2-3,7-8H2,1H3. The Balaban J connectivity index is 2.23. The molecule has 94 valence electrons. The molecule has 1 aliphatic rings. The van der Waals surface area contributed by atoms with E-state index in [0.29, 0.717) is 5.46 Å². The molecule has 2 rings (SSSR count). The number of hydrogen-bond donors (Lipinski definition) is 0. The first kappa shape index (κ1) is 13.1. The van der Waals surface area contributed by atoms with Crippen LogP contribution >= 0.6 is 0 Å². The van der Waals surface area contributed by atoms with Crippen LogP contribution in [0.15, 0.2) is 12.4 Å². The van der Waals surface area contributed by atoms with E-state index < -0.39 is 15.6 Å². The van der Waals surface area contributed by atoms with Crippen molar-refractivity contribution in [3.05, 3.63) is 12.4 Å². The second-order valence-electron chi connectivity index (χ2n) is 4.45. The molecule has 6 nitrogen and oxygen atoms in total. The summed E-state index contributed by atoms with van der Waals surface area (Å²) in [6.45, 7) is 2.15. The quantitative estimate of drug-likeness (QED) is 0.650. The fourth-order valence-electron chi connectivity index (χ4n) is 2.07. The molecule has 0 bridgehead atoms. The van der Waals surface area contributed by atoms with Crippen molar-refractivity contribution >= 4 is 23.3 Å². The normalized spacial score (nSPS) is 19.1. The van der Waals surface area contributed by atoms with Crippen LogP contribution in [0.1, 0.15) is 13.3 Å². The van der Waals surface area contributed by atoms with Crippen molar-refractivity contribution in [2.24, 2.45) is 0 Å². The molecule has 2 heterocycles. The van der Waals surface area contributed by atoms with Crippen LogP contribution in [0.4, 0.5) is 0 Å². The highest BCUT2D eigenvalue weighted by atomic mass is 32.2. The van der Waals surface area contributed by atoms with Crippen LogP contribution in [-0.2, 0) is 15.6 Å². The van der Waals surface area contributed by atoms with E-state index in [1.165, 1.54) is 10.5 Å². The highest BCUT2D eigenvalue weighted by Gasteiger charge is 2.49. The highest BCUT2D eigenvalue weighted by Crippen LogP contribution is 2.33. The molecule has 1 fully saturated rings. The molecule has 0 amide bonds. The Morgan fingerprint density at radius 2 is 2.28 bits per heavy atom. The summed E-state index contributed by atoms with van der Waals surface area (Å²) >= 11 is 0. The van der Waals surface area contributed by atoms with Crippen LogP contribution in [0.2, 0.25) is 0 Å². The fraction of sp³-hybridized carbons (Fsp3) is 0.600. The van der Waals surface area contributed by atoms with Crippen LogP contribution in [0.25, 0.3) is 0 Å². The van der Waals surface area contributed by atoms with Gasteiger partial charge in [-0.25, -0.2) is 8.42 Å². The first-order valence-electron chi connectivity index (χ1n) is 5.59. The van der Waals surface area contributed by atoms with Crippen molar-refractivity contribution in [2.45, 2.75) is 18.9 Å². The van der Waals surface area contributed by atoms with Crippen molar-refractivity contribution < 1.29 is 8.42 Å². The van der Waals surface area contributed by atoms with E-state index in [4.69, 9.17) is 13.1 Å². The maximum Gasteiger partial charge on any atom is 0.213 e. The lowest BCUT2D eigenvalue weighted by Gasteiger charge is -2.47. The number of hydrogen-bond acceptors (Lipinski definition) is 4. The van der Waals surface area contributed by atoms with E-state index in [-0.39, 0.29) is 25.3 Å². The summed E-state index contributed by atoms with van der Waals surface area (Å²) in [4.78, 5) is 0. The van der Waals surface area contributed by atoms with Crippen molar-refractivity contribution in [1.82, 2.24) is 14.1 Å². The Morgan fingerprint density at radius 1 is 1.61 bits per heavy atom. The topological polar surface area (TPSA) is 79.0 Å². The molecule has 0 unspecified atom stereocenters. The van der Waals surface area contributed by atoms with Crippen LogP contribution in [0, 0.1) is 11.3 Å². The minimum absolute atomic E-state index is 0.0663. The van der Waals surface area contributed by atoms with E-state index in [2.05, 4.69) is 11.2 Å². The van der Waals surface area contributed by atoms with Gasteiger partial charge in [-0.1, -0.05) is 5.46 Å². The number of aromatic nitrogens is 2. The van der Waals surface area contributed by atoms with Gasteiger partial charge in [-0.05, 0) is 6.92 Å². The molecule has 2 radical (unpaired) electrons. The first-order valence-corrected chi connectivity index (χ1v) is 7.20. The Bertz CT molecular complexity index is 583. The molecule has 18 heavy (non-hydrogen) atoms. The van der Waals surface area contributed by atoms with Gasteiger partial charge in [0.25, 0.3) is 0 Å². The summed E-state index contributed by atoms with van der Waals surface area (Å²) < 4.78 is 26.4. The summed E-state index contributed by atoms with van der Waals surface area (Å²) in [5.74, 6) is 0.0663. The van der Waals surface area contributed by atoms with Crippen molar-refractivity contribution in [3.63, 3.8) is 0 Å². The zero-order valence-corrected chi connectivity index (χ0v) is 10.9. The second kappa shape index (κ2) is 4.41. The predicted molar refractivity (Wildman–Crippen MR) is 66.9 cm³/mol. The monoisotopic (exact) mass is 264 g/mol. The average molecular weight is 264 g/mol. The van der Waals surface area contributed by atoms with Crippen molar-refractivity contribution in [2.75, 3.05) is 18.8 Å². The van der Waals surface area contributed by atoms with E-state index in [1.54, 1.807) is 17.8 Å². The Morgan fingerprint density at radius 3 is 2.72 bits per heavy atom. The maximum atomic E-state index is 11.7. The lowest BCUT2D eigenvalue weighted by molar-refractivity contribution is 0.0719. The van der Waals surface area contributed by atoms with Crippen LogP contribution in [-0.4, -0.2) is 49.2 Å². The third-order valence-electron chi connectivity index (χ3n) is 3.20. The number of nitrogens with zero attached hydrogens (tertiary/aromatic N) is 4. The summed E-state index contributed by atoms with van der Waals surface area (Å²) in [5, 5.41) is 13.0. The SMILES string of the molecule is [B]c1cnn(C2(CC#N)CN(S(=O)(=O)CC)C2)c1.